The van der Waals surface area contributed by atoms with Crippen LogP contribution in [0, 0.1) is 6.92 Å². The molecule has 0 aliphatic heterocycles. The van der Waals surface area contributed by atoms with E-state index in [1.54, 1.807) is 36.4 Å². The highest BCUT2D eigenvalue weighted by Gasteiger charge is 2.05. The fraction of sp³-hybridized carbons (Fsp3) is 0.0500. The number of carbonyl (C=O) groups is 1. The summed E-state index contributed by atoms with van der Waals surface area (Å²) < 4.78 is 5.72. The van der Waals surface area contributed by atoms with Crippen LogP contribution in [0.5, 0.6) is 0 Å². The Hall–Kier alpha value is -2.49. The Morgan fingerprint density at radius 2 is 1.72 bits per heavy atom. The molecule has 3 aromatic rings. The highest BCUT2D eigenvalue weighted by atomic mass is 35.5. The van der Waals surface area contributed by atoms with Gasteiger partial charge in [-0.3, -0.25) is 4.79 Å². The summed E-state index contributed by atoms with van der Waals surface area (Å²) in [6.45, 7) is 1.90. The molecule has 0 saturated heterocycles. The number of rotatable bonds is 4. The molecule has 0 radical (unpaired) electrons. The van der Waals surface area contributed by atoms with Gasteiger partial charge in [-0.05, 0) is 67.1 Å². The molecular weight excluding hydrogens is 357 g/mol. The lowest BCUT2D eigenvalue weighted by Crippen LogP contribution is -2.08. The lowest BCUT2D eigenvalue weighted by molar-refractivity contribution is -0.111. The van der Waals surface area contributed by atoms with Gasteiger partial charge in [-0.2, -0.15) is 0 Å². The first-order valence-electron chi connectivity index (χ1n) is 7.62. The summed E-state index contributed by atoms with van der Waals surface area (Å²) in [6.07, 6.45) is 3.04. The molecule has 3 nitrogen and oxygen atoms in total. The number of hydrogen-bond acceptors (Lipinski definition) is 2. The average molecular weight is 372 g/mol. The monoisotopic (exact) mass is 371 g/mol. The van der Waals surface area contributed by atoms with Crippen molar-refractivity contribution in [1.82, 2.24) is 0 Å². The van der Waals surface area contributed by atoms with Crippen molar-refractivity contribution >= 4 is 40.9 Å². The molecule has 1 heterocycles. The van der Waals surface area contributed by atoms with Crippen molar-refractivity contribution in [3.8, 4) is 11.3 Å². The fourth-order valence-corrected chi connectivity index (χ4v) is 2.57. The molecular formula is C20H15Cl2NO2. The van der Waals surface area contributed by atoms with Crippen LogP contribution >= 0.6 is 23.2 Å². The average Bonchev–Trinajstić information content (AvgIpc) is 3.06. The maximum atomic E-state index is 12.1. The molecule has 126 valence electrons. The number of carbonyl (C=O) groups excluding carboxylic acids is 1. The quantitative estimate of drug-likeness (QED) is 0.553. The molecule has 1 aromatic heterocycles. The number of benzene rings is 2. The van der Waals surface area contributed by atoms with Gasteiger partial charge >= 0.3 is 0 Å². The highest BCUT2D eigenvalue weighted by molar-refractivity contribution is 6.31. The molecule has 25 heavy (non-hydrogen) atoms. The van der Waals surface area contributed by atoms with Crippen molar-refractivity contribution in [3.05, 3.63) is 82.0 Å². The van der Waals surface area contributed by atoms with E-state index in [9.17, 15) is 4.79 Å². The van der Waals surface area contributed by atoms with Crippen LogP contribution in [0.2, 0.25) is 10.0 Å². The predicted molar refractivity (Wildman–Crippen MR) is 103 cm³/mol. The van der Waals surface area contributed by atoms with E-state index in [1.165, 1.54) is 6.08 Å². The first kappa shape index (κ1) is 17.3. The van der Waals surface area contributed by atoms with E-state index in [0.29, 0.717) is 27.3 Å². The van der Waals surface area contributed by atoms with Gasteiger partial charge in [0.15, 0.2) is 0 Å². The van der Waals surface area contributed by atoms with E-state index < -0.39 is 0 Å². The minimum atomic E-state index is -0.255. The van der Waals surface area contributed by atoms with Crippen LogP contribution in [0.4, 0.5) is 5.69 Å². The maximum Gasteiger partial charge on any atom is 0.248 e. The zero-order valence-electron chi connectivity index (χ0n) is 13.4. The van der Waals surface area contributed by atoms with Crippen LogP contribution in [0.15, 0.2) is 65.1 Å². The van der Waals surface area contributed by atoms with E-state index in [4.69, 9.17) is 27.6 Å². The van der Waals surface area contributed by atoms with Crippen LogP contribution in [0.1, 0.15) is 11.3 Å². The summed E-state index contributed by atoms with van der Waals surface area (Å²) in [6, 6.07) is 16.4. The van der Waals surface area contributed by atoms with E-state index in [1.807, 2.05) is 31.2 Å². The van der Waals surface area contributed by atoms with Crippen LogP contribution in [0.3, 0.4) is 0 Å². The standard InChI is InChI=1S/C20H15Cl2NO2/c1-13-2-5-16(22)12-18(13)23-20(24)11-9-17-8-10-19(25-17)14-3-6-15(21)7-4-14/h2-12H,1H3,(H,23,24)/b11-9+. The number of aryl methyl sites for hydroxylation is 1. The van der Waals surface area contributed by atoms with Crippen LogP contribution < -0.4 is 5.32 Å². The van der Waals surface area contributed by atoms with Crippen molar-refractivity contribution in [3.63, 3.8) is 0 Å². The molecule has 0 saturated carbocycles. The Balaban J connectivity index is 1.68. The van der Waals surface area contributed by atoms with Gasteiger partial charge < -0.3 is 9.73 Å². The Morgan fingerprint density at radius 3 is 2.48 bits per heavy atom. The molecule has 0 bridgehead atoms. The molecule has 0 spiro atoms. The van der Waals surface area contributed by atoms with E-state index in [0.717, 1.165) is 11.1 Å². The van der Waals surface area contributed by atoms with Gasteiger partial charge in [-0.25, -0.2) is 0 Å². The minimum absolute atomic E-state index is 0.255. The third-order valence-corrected chi connectivity index (χ3v) is 4.10. The van der Waals surface area contributed by atoms with Crippen molar-refractivity contribution < 1.29 is 9.21 Å². The van der Waals surface area contributed by atoms with E-state index in [2.05, 4.69) is 5.32 Å². The summed E-state index contributed by atoms with van der Waals surface area (Å²) in [4.78, 5) is 12.1. The zero-order chi connectivity index (χ0) is 17.8. The van der Waals surface area contributed by atoms with Crippen molar-refractivity contribution in [2.75, 3.05) is 5.32 Å². The second kappa shape index (κ2) is 7.60. The zero-order valence-corrected chi connectivity index (χ0v) is 14.9. The van der Waals surface area contributed by atoms with Gasteiger partial charge in [0, 0.05) is 27.4 Å². The fourth-order valence-electron chi connectivity index (χ4n) is 2.27. The van der Waals surface area contributed by atoms with Gasteiger partial charge in [-0.1, -0.05) is 29.3 Å². The third-order valence-electron chi connectivity index (χ3n) is 3.61. The second-order valence-electron chi connectivity index (χ2n) is 5.49. The van der Waals surface area contributed by atoms with E-state index in [-0.39, 0.29) is 5.91 Å². The summed E-state index contributed by atoms with van der Waals surface area (Å²) in [7, 11) is 0. The molecule has 5 heteroatoms. The lowest BCUT2D eigenvalue weighted by Gasteiger charge is -2.06. The topological polar surface area (TPSA) is 42.2 Å². The van der Waals surface area contributed by atoms with Crippen molar-refractivity contribution in [1.29, 1.82) is 0 Å². The predicted octanol–water partition coefficient (Wildman–Crippen LogP) is 6.21. The molecule has 1 N–H and O–H groups in total. The smallest absolute Gasteiger partial charge is 0.248 e. The molecule has 0 fully saturated rings. The first-order chi connectivity index (χ1) is 12.0. The van der Waals surface area contributed by atoms with Crippen molar-refractivity contribution in [2.45, 2.75) is 6.92 Å². The molecule has 1 amide bonds. The van der Waals surface area contributed by atoms with Crippen LogP contribution in [-0.2, 0) is 4.79 Å². The maximum absolute atomic E-state index is 12.1. The Morgan fingerprint density at radius 1 is 1.00 bits per heavy atom. The Bertz CT molecular complexity index is 927. The summed E-state index contributed by atoms with van der Waals surface area (Å²) in [5.74, 6) is 1.04. The number of furan rings is 1. The minimum Gasteiger partial charge on any atom is -0.457 e. The van der Waals surface area contributed by atoms with Gasteiger partial charge in [0.1, 0.15) is 11.5 Å². The number of amides is 1. The lowest BCUT2D eigenvalue weighted by atomic mass is 10.2. The Labute approximate surface area is 155 Å². The normalized spacial score (nSPS) is 11.0. The largest absolute Gasteiger partial charge is 0.457 e. The summed E-state index contributed by atoms with van der Waals surface area (Å²) in [5.41, 5.74) is 2.54. The van der Waals surface area contributed by atoms with Gasteiger partial charge in [0.05, 0.1) is 0 Å². The summed E-state index contributed by atoms with van der Waals surface area (Å²) in [5, 5.41) is 4.04. The van der Waals surface area contributed by atoms with Crippen LogP contribution in [0.25, 0.3) is 17.4 Å². The SMILES string of the molecule is Cc1ccc(Cl)cc1NC(=O)/C=C/c1ccc(-c2ccc(Cl)cc2)o1. The van der Waals surface area contributed by atoms with Gasteiger partial charge in [0.25, 0.3) is 0 Å². The summed E-state index contributed by atoms with van der Waals surface area (Å²) >= 11 is 11.8. The first-order valence-corrected chi connectivity index (χ1v) is 8.38. The third kappa shape index (κ3) is 4.53. The van der Waals surface area contributed by atoms with Crippen molar-refractivity contribution in [2.24, 2.45) is 0 Å². The van der Waals surface area contributed by atoms with E-state index >= 15 is 0 Å². The van der Waals surface area contributed by atoms with Gasteiger partial charge in [0.2, 0.25) is 5.91 Å². The number of nitrogens with one attached hydrogen (secondary N) is 1. The van der Waals surface area contributed by atoms with Crippen LogP contribution in [-0.4, -0.2) is 5.91 Å². The molecule has 2 aromatic carbocycles. The highest BCUT2D eigenvalue weighted by Crippen LogP contribution is 2.24. The molecule has 0 aliphatic carbocycles. The molecule has 3 rings (SSSR count). The molecule has 0 aliphatic rings. The molecule has 0 atom stereocenters. The Kier molecular flexibility index (Phi) is 5.27. The van der Waals surface area contributed by atoms with Gasteiger partial charge in [-0.15, -0.1) is 0 Å². The number of halogens is 2. The molecule has 0 unspecified atom stereocenters. The number of hydrogen-bond donors (Lipinski definition) is 1. The number of anilines is 1. The second-order valence-corrected chi connectivity index (χ2v) is 6.36.